The number of hydrogen-bond acceptors (Lipinski definition) is 3. The van der Waals surface area contributed by atoms with Crippen molar-refractivity contribution >= 4 is 15.7 Å². The average molecular weight is 273 g/mol. The lowest BCUT2D eigenvalue weighted by Gasteiger charge is -2.38. The minimum absolute atomic E-state index is 0.0643. The van der Waals surface area contributed by atoms with E-state index in [1.54, 1.807) is 0 Å². The van der Waals surface area contributed by atoms with Crippen LogP contribution in [0.3, 0.4) is 0 Å². The van der Waals surface area contributed by atoms with Gasteiger partial charge in [0.05, 0.1) is 11.5 Å². The van der Waals surface area contributed by atoms with Crippen molar-refractivity contribution in [1.29, 1.82) is 0 Å². The molecule has 0 N–H and O–H groups in total. The predicted molar refractivity (Wildman–Crippen MR) is 71.1 cm³/mol. The molecule has 4 nitrogen and oxygen atoms in total. The van der Waals surface area contributed by atoms with Gasteiger partial charge in [-0.05, 0) is 19.3 Å². The fraction of sp³-hybridized carbons (Fsp3) is 0.923. The Balaban J connectivity index is 2.12. The lowest BCUT2D eigenvalue weighted by molar-refractivity contribution is -0.136. The van der Waals surface area contributed by atoms with Gasteiger partial charge < -0.3 is 4.90 Å². The molecule has 0 spiro atoms. The molecule has 5 heteroatoms. The Bertz CT molecular complexity index is 398. The summed E-state index contributed by atoms with van der Waals surface area (Å²) in [4.78, 5) is 14.1. The summed E-state index contributed by atoms with van der Waals surface area (Å²) in [7, 11) is -2.91. The summed E-state index contributed by atoms with van der Waals surface area (Å²) < 4.78 is 23.2. The second-order valence-electron chi connectivity index (χ2n) is 5.50. The zero-order valence-electron chi connectivity index (χ0n) is 11.1. The minimum Gasteiger partial charge on any atom is -0.336 e. The first-order chi connectivity index (χ1) is 8.53. The van der Waals surface area contributed by atoms with Gasteiger partial charge in [-0.3, -0.25) is 4.79 Å². The molecule has 0 radical (unpaired) electrons. The molecule has 0 aromatic heterocycles. The van der Waals surface area contributed by atoms with Crippen molar-refractivity contribution in [3.8, 4) is 0 Å². The third kappa shape index (κ3) is 3.05. The Morgan fingerprint density at radius 1 is 1.11 bits per heavy atom. The molecular weight excluding hydrogens is 250 g/mol. The van der Waals surface area contributed by atoms with Crippen LogP contribution in [0, 0.1) is 0 Å². The van der Waals surface area contributed by atoms with Crippen LogP contribution in [0.2, 0.25) is 0 Å². The molecule has 0 bridgehead atoms. The minimum atomic E-state index is -2.91. The van der Waals surface area contributed by atoms with Gasteiger partial charge in [0.2, 0.25) is 5.91 Å². The Morgan fingerprint density at radius 3 is 2.28 bits per heavy atom. The fourth-order valence-electron chi connectivity index (χ4n) is 3.24. The van der Waals surface area contributed by atoms with E-state index in [0.717, 1.165) is 25.7 Å². The van der Waals surface area contributed by atoms with Crippen molar-refractivity contribution in [2.24, 2.45) is 0 Å². The van der Waals surface area contributed by atoms with Gasteiger partial charge in [0, 0.05) is 18.5 Å². The molecule has 2 fully saturated rings. The van der Waals surface area contributed by atoms with E-state index in [-0.39, 0.29) is 29.5 Å². The van der Waals surface area contributed by atoms with Crippen LogP contribution in [0.15, 0.2) is 0 Å². The highest BCUT2D eigenvalue weighted by molar-refractivity contribution is 7.91. The number of amides is 1. The maximum absolute atomic E-state index is 12.1. The fourth-order valence-corrected chi connectivity index (χ4v) is 4.95. The number of carbonyl (C=O) groups excluding carboxylic acids is 1. The summed E-state index contributed by atoms with van der Waals surface area (Å²) in [6.45, 7) is 1.86. The third-order valence-corrected chi connectivity index (χ3v) is 5.91. The molecule has 1 amide bonds. The van der Waals surface area contributed by atoms with Gasteiger partial charge in [-0.2, -0.15) is 0 Å². The van der Waals surface area contributed by atoms with Crippen molar-refractivity contribution in [3.63, 3.8) is 0 Å². The quantitative estimate of drug-likeness (QED) is 0.787. The van der Waals surface area contributed by atoms with Crippen LogP contribution < -0.4 is 0 Å². The number of rotatable bonds is 3. The van der Waals surface area contributed by atoms with Gasteiger partial charge in [-0.25, -0.2) is 8.42 Å². The molecule has 1 unspecified atom stereocenters. The van der Waals surface area contributed by atoms with Crippen molar-refractivity contribution in [3.05, 3.63) is 0 Å². The standard InChI is InChI=1S/C13H23NO3S/c1-2-13(15)14(11-6-4-3-5-7-11)12-8-9-18(16,17)10-12/h11-12H,2-10H2,1H3. The summed E-state index contributed by atoms with van der Waals surface area (Å²) in [5.74, 6) is 0.552. The van der Waals surface area contributed by atoms with Crippen LogP contribution in [0.25, 0.3) is 0 Å². The summed E-state index contributed by atoms with van der Waals surface area (Å²) in [6.07, 6.45) is 6.77. The van der Waals surface area contributed by atoms with Crippen LogP contribution in [0.4, 0.5) is 0 Å². The van der Waals surface area contributed by atoms with Crippen molar-refractivity contribution in [2.75, 3.05) is 11.5 Å². The Morgan fingerprint density at radius 2 is 1.78 bits per heavy atom. The number of sulfone groups is 1. The van der Waals surface area contributed by atoms with Crippen molar-refractivity contribution < 1.29 is 13.2 Å². The van der Waals surface area contributed by atoms with Gasteiger partial charge in [0.15, 0.2) is 9.84 Å². The highest BCUT2D eigenvalue weighted by atomic mass is 32.2. The molecule has 1 aliphatic carbocycles. The number of nitrogens with zero attached hydrogens (tertiary/aromatic N) is 1. The van der Waals surface area contributed by atoms with E-state index in [2.05, 4.69) is 0 Å². The van der Waals surface area contributed by atoms with Gasteiger partial charge >= 0.3 is 0 Å². The van der Waals surface area contributed by atoms with E-state index in [1.807, 2.05) is 11.8 Å². The van der Waals surface area contributed by atoms with Crippen LogP contribution in [0.5, 0.6) is 0 Å². The smallest absolute Gasteiger partial charge is 0.222 e. The molecule has 1 saturated heterocycles. The molecule has 0 aromatic rings. The number of carbonyl (C=O) groups is 1. The summed E-state index contributed by atoms with van der Waals surface area (Å²) in [5, 5.41) is 0. The zero-order chi connectivity index (χ0) is 13.2. The average Bonchev–Trinajstić information content (AvgIpc) is 2.71. The Hall–Kier alpha value is -0.580. The SMILES string of the molecule is CCC(=O)N(C1CCCCC1)C1CCS(=O)(=O)C1. The first-order valence-corrected chi connectivity index (χ1v) is 8.87. The highest BCUT2D eigenvalue weighted by Gasteiger charge is 2.37. The number of hydrogen-bond donors (Lipinski definition) is 0. The maximum atomic E-state index is 12.1. The van der Waals surface area contributed by atoms with E-state index >= 15 is 0 Å². The van der Waals surface area contributed by atoms with E-state index < -0.39 is 9.84 Å². The van der Waals surface area contributed by atoms with E-state index in [0.29, 0.717) is 12.8 Å². The van der Waals surface area contributed by atoms with Gasteiger partial charge in [0.25, 0.3) is 0 Å². The molecule has 2 rings (SSSR count). The molecular formula is C13H23NO3S. The van der Waals surface area contributed by atoms with Crippen LogP contribution in [-0.2, 0) is 14.6 Å². The Labute approximate surface area is 110 Å². The summed E-state index contributed by atoms with van der Waals surface area (Å²) in [5.41, 5.74) is 0. The molecule has 2 aliphatic rings. The Kier molecular flexibility index (Phi) is 4.30. The summed E-state index contributed by atoms with van der Waals surface area (Å²) >= 11 is 0. The van der Waals surface area contributed by atoms with Gasteiger partial charge in [-0.15, -0.1) is 0 Å². The van der Waals surface area contributed by atoms with Crippen molar-refractivity contribution in [2.45, 2.75) is 64.0 Å². The highest BCUT2D eigenvalue weighted by Crippen LogP contribution is 2.28. The van der Waals surface area contributed by atoms with Gasteiger partial charge in [0.1, 0.15) is 0 Å². The first kappa shape index (κ1) is 13.8. The van der Waals surface area contributed by atoms with E-state index in [1.165, 1.54) is 6.42 Å². The molecule has 18 heavy (non-hydrogen) atoms. The topological polar surface area (TPSA) is 54.5 Å². The molecule has 1 atom stereocenters. The molecule has 1 saturated carbocycles. The monoisotopic (exact) mass is 273 g/mol. The van der Waals surface area contributed by atoms with Crippen molar-refractivity contribution in [1.82, 2.24) is 4.90 Å². The van der Waals surface area contributed by atoms with E-state index in [9.17, 15) is 13.2 Å². The van der Waals surface area contributed by atoms with E-state index in [4.69, 9.17) is 0 Å². The van der Waals surface area contributed by atoms with Crippen LogP contribution in [0.1, 0.15) is 51.9 Å². The normalized spacial score (nSPS) is 28.2. The maximum Gasteiger partial charge on any atom is 0.222 e. The second-order valence-corrected chi connectivity index (χ2v) is 7.73. The lowest BCUT2D eigenvalue weighted by atomic mass is 9.92. The van der Waals surface area contributed by atoms with Crippen LogP contribution in [-0.4, -0.2) is 42.8 Å². The van der Waals surface area contributed by atoms with Crippen LogP contribution >= 0.6 is 0 Å². The predicted octanol–water partition coefficient (Wildman–Crippen LogP) is 1.74. The zero-order valence-corrected chi connectivity index (χ0v) is 11.9. The first-order valence-electron chi connectivity index (χ1n) is 7.05. The molecule has 0 aromatic carbocycles. The second kappa shape index (κ2) is 5.59. The molecule has 1 heterocycles. The molecule has 1 aliphatic heterocycles. The summed E-state index contributed by atoms with van der Waals surface area (Å²) in [6, 6.07) is 0.218. The largest absolute Gasteiger partial charge is 0.336 e. The van der Waals surface area contributed by atoms with Gasteiger partial charge in [-0.1, -0.05) is 26.2 Å². The third-order valence-electron chi connectivity index (χ3n) is 4.16. The molecule has 104 valence electrons. The lowest BCUT2D eigenvalue weighted by Crippen LogP contribution is -2.48.